The van der Waals surface area contributed by atoms with E-state index in [9.17, 15) is 13.2 Å². The van der Waals surface area contributed by atoms with E-state index in [2.05, 4.69) is 4.90 Å². The Bertz CT molecular complexity index is 808. The molecule has 2 heterocycles. The van der Waals surface area contributed by atoms with Crippen LogP contribution in [0.4, 0.5) is 0 Å². The van der Waals surface area contributed by atoms with Gasteiger partial charge in [0.2, 0.25) is 15.9 Å². The summed E-state index contributed by atoms with van der Waals surface area (Å²) in [7, 11) is -3.45. The minimum atomic E-state index is -3.45. The van der Waals surface area contributed by atoms with E-state index in [-0.39, 0.29) is 5.91 Å². The summed E-state index contributed by atoms with van der Waals surface area (Å²) in [5.41, 5.74) is 2.47. The fourth-order valence-corrected chi connectivity index (χ4v) is 6.07. The Morgan fingerprint density at radius 2 is 1.50 bits per heavy atom. The molecule has 0 saturated carbocycles. The van der Waals surface area contributed by atoms with Crippen molar-refractivity contribution in [1.82, 2.24) is 14.1 Å². The maximum Gasteiger partial charge on any atom is 0.243 e. The summed E-state index contributed by atoms with van der Waals surface area (Å²) in [6, 6.07) is 5.60. The van der Waals surface area contributed by atoms with E-state index in [0.717, 1.165) is 45.2 Å². The lowest BCUT2D eigenvalue weighted by atomic mass is 10.1. The van der Waals surface area contributed by atoms with Crippen molar-refractivity contribution in [1.29, 1.82) is 0 Å². The van der Waals surface area contributed by atoms with Crippen LogP contribution in [0, 0.1) is 0 Å². The first-order valence-corrected chi connectivity index (χ1v) is 12.1. The molecule has 6 nitrogen and oxygen atoms in total. The van der Waals surface area contributed by atoms with Crippen LogP contribution < -0.4 is 0 Å². The number of piperazine rings is 1. The van der Waals surface area contributed by atoms with Gasteiger partial charge < -0.3 is 4.90 Å². The molecule has 1 aromatic rings. The van der Waals surface area contributed by atoms with Crippen LogP contribution >= 0.6 is 0 Å². The van der Waals surface area contributed by atoms with Gasteiger partial charge in [0.1, 0.15) is 0 Å². The second-order valence-corrected chi connectivity index (χ2v) is 10.2. The number of carbonyl (C=O) groups excluding carboxylic acids is 1. The molecule has 0 bridgehead atoms. The Morgan fingerprint density at radius 3 is 2.21 bits per heavy atom. The monoisotopic (exact) mass is 405 g/mol. The van der Waals surface area contributed by atoms with Gasteiger partial charge in [0, 0.05) is 39.3 Å². The predicted octanol–water partition coefficient (Wildman–Crippen LogP) is 1.88. The summed E-state index contributed by atoms with van der Waals surface area (Å²) in [5, 5.41) is 0. The molecule has 0 N–H and O–H groups in total. The maximum atomic E-state index is 13.0. The number of fused-ring (bicyclic) bond motifs is 1. The Labute approximate surface area is 168 Å². The summed E-state index contributed by atoms with van der Waals surface area (Å²) >= 11 is 0. The topological polar surface area (TPSA) is 60.9 Å². The van der Waals surface area contributed by atoms with Gasteiger partial charge in [-0.15, -0.1) is 0 Å². The molecule has 0 atom stereocenters. The fraction of sp³-hybridized carbons (Fsp3) is 0.667. The van der Waals surface area contributed by atoms with E-state index in [1.165, 1.54) is 24.0 Å². The molecule has 2 saturated heterocycles. The molecular weight excluding hydrogens is 374 g/mol. The van der Waals surface area contributed by atoms with Crippen LogP contribution in [0.1, 0.15) is 43.2 Å². The van der Waals surface area contributed by atoms with Crippen molar-refractivity contribution >= 4 is 15.9 Å². The second-order valence-electron chi connectivity index (χ2n) is 8.26. The van der Waals surface area contributed by atoms with Crippen LogP contribution in [-0.2, 0) is 27.7 Å². The Kier molecular flexibility index (Phi) is 6.04. The van der Waals surface area contributed by atoms with E-state index < -0.39 is 10.0 Å². The van der Waals surface area contributed by atoms with Gasteiger partial charge in [0.05, 0.1) is 11.4 Å². The first kappa shape index (κ1) is 19.9. The van der Waals surface area contributed by atoms with Crippen LogP contribution in [0.15, 0.2) is 23.1 Å². The minimum Gasteiger partial charge on any atom is -0.342 e. The maximum absolute atomic E-state index is 13.0. The molecule has 4 rings (SSSR count). The molecule has 7 heteroatoms. The van der Waals surface area contributed by atoms with E-state index in [1.54, 1.807) is 10.4 Å². The molecule has 1 aromatic carbocycles. The van der Waals surface area contributed by atoms with Crippen molar-refractivity contribution in [3.8, 4) is 0 Å². The van der Waals surface area contributed by atoms with E-state index in [0.29, 0.717) is 37.6 Å². The van der Waals surface area contributed by atoms with Crippen LogP contribution in [0.25, 0.3) is 0 Å². The Balaban J connectivity index is 1.33. The zero-order valence-corrected chi connectivity index (χ0v) is 17.4. The number of carbonyl (C=O) groups is 1. The lowest BCUT2D eigenvalue weighted by Gasteiger charge is -2.34. The summed E-state index contributed by atoms with van der Waals surface area (Å²) in [5.74, 6) is 0.192. The van der Waals surface area contributed by atoms with Crippen LogP contribution in [0.2, 0.25) is 0 Å². The van der Waals surface area contributed by atoms with Gasteiger partial charge in [-0.25, -0.2) is 8.42 Å². The number of sulfonamides is 1. The van der Waals surface area contributed by atoms with Gasteiger partial charge >= 0.3 is 0 Å². The molecule has 0 aromatic heterocycles. The Morgan fingerprint density at radius 1 is 0.821 bits per heavy atom. The number of aryl methyl sites for hydroxylation is 2. The summed E-state index contributed by atoms with van der Waals surface area (Å²) < 4.78 is 27.6. The lowest BCUT2D eigenvalue weighted by molar-refractivity contribution is -0.132. The van der Waals surface area contributed by atoms with Crippen molar-refractivity contribution in [2.75, 3.05) is 45.8 Å². The van der Waals surface area contributed by atoms with E-state index >= 15 is 0 Å². The number of hydrogen-bond acceptors (Lipinski definition) is 4. The zero-order valence-electron chi connectivity index (χ0n) is 16.6. The zero-order chi connectivity index (χ0) is 19.6. The molecular formula is C21H31N3O3S. The van der Waals surface area contributed by atoms with Crippen molar-refractivity contribution in [2.45, 2.75) is 49.8 Å². The number of amides is 1. The first-order chi connectivity index (χ1) is 13.5. The van der Waals surface area contributed by atoms with Crippen molar-refractivity contribution in [3.05, 3.63) is 29.3 Å². The normalized spacial score (nSPS) is 22.1. The average Bonchev–Trinajstić information content (AvgIpc) is 3.00. The standard InChI is InChI=1S/C21H31N3O3S/c25-21(23-10-3-1-2-4-11-23)17-22-12-14-24(15-13-22)28(26,27)20-9-8-18-6-5-7-19(18)16-20/h8-9,16H,1-7,10-15,17H2. The van der Waals surface area contributed by atoms with Crippen LogP contribution in [0.5, 0.6) is 0 Å². The smallest absolute Gasteiger partial charge is 0.243 e. The lowest BCUT2D eigenvalue weighted by Crippen LogP contribution is -2.51. The van der Waals surface area contributed by atoms with Crippen molar-refractivity contribution < 1.29 is 13.2 Å². The summed E-state index contributed by atoms with van der Waals surface area (Å²) in [4.78, 5) is 17.1. The third-order valence-corrected chi connectivity index (χ3v) is 8.25. The van der Waals surface area contributed by atoms with Crippen molar-refractivity contribution in [3.63, 3.8) is 0 Å². The molecule has 2 fully saturated rings. The minimum absolute atomic E-state index is 0.192. The summed E-state index contributed by atoms with van der Waals surface area (Å²) in [6.07, 6.45) is 7.76. The highest BCUT2D eigenvalue weighted by molar-refractivity contribution is 7.89. The van der Waals surface area contributed by atoms with Crippen LogP contribution in [-0.4, -0.2) is 74.2 Å². The second kappa shape index (κ2) is 8.51. The molecule has 0 spiro atoms. The number of hydrogen-bond donors (Lipinski definition) is 0. The van der Waals surface area contributed by atoms with E-state index in [4.69, 9.17) is 0 Å². The fourth-order valence-electron chi connectivity index (χ4n) is 4.60. The Hall–Kier alpha value is -1.44. The summed E-state index contributed by atoms with van der Waals surface area (Å²) in [6.45, 7) is 4.27. The van der Waals surface area contributed by atoms with Crippen LogP contribution in [0.3, 0.4) is 0 Å². The molecule has 2 aliphatic heterocycles. The largest absolute Gasteiger partial charge is 0.342 e. The SMILES string of the molecule is O=C(CN1CCN(S(=O)(=O)c2ccc3c(c2)CCC3)CC1)N1CCCCCC1. The molecule has 1 aliphatic carbocycles. The third-order valence-electron chi connectivity index (χ3n) is 6.36. The van der Waals surface area contributed by atoms with Gasteiger partial charge in [-0.05, 0) is 55.4 Å². The molecule has 154 valence electrons. The number of nitrogens with zero attached hydrogens (tertiary/aromatic N) is 3. The number of benzene rings is 1. The predicted molar refractivity (Wildman–Crippen MR) is 109 cm³/mol. The van der Waals surface area contributed by atoms with Gasteiger partial charge in [0.15, 0.2) is 0 Å². The number of likely N-dealkylation sites (tertiary alicyclic amines) is 1. The molecule has 0 radical (unpaired) electrons. The molecule has 1 amide bonds. The van der Waals surface area contributed by atoms with Crippen molar-refractivity contribution in [2.24, 2.45) is 0 Å². The quantitative estimate of drug-likeness (QED) is 0.768. The third kappa shape index (κ3) is 4.26. The molecule has 28 heavy (non-hydrogen) atoms. The highest BCUT2D eigenvalue weighted by Crippen LogP contribution is 2.26. The van der Waals surface area contributed by atoms with E-state index in [1.807, 2.05) is 17.0 Å². The highest BCUT2D eigenvalue weighted by Gasteiger charge is 2.30. The average molecular weight is 406 g/mol. The van der Waals surface area contributed by atoms with Gasteiger partial charge in [-0.1, -0.05) is 18.9 Å². The number of rotatable bonds is 4. The molecule has 3 aliphatic rings. The first-order valence-electron chi connectivity index (χ1n) is 10.7. The molecule has 0 unspecified atom stereocenters. The van der Waals surface area contributed by atoms with Gasteiger partial charge in [-0.3, -0.25) is 9.69 Å². The highest BCUT2D eigenvalue weighted by atomic mass is 32.2. The van der Waals surface area contributed by atoms with Gasteiger partial charge in [0.25, 0.3) is 0 Å². The van der Waals surface area contributed by atoms with Gasteiger partial charge in [-0.2, -0.15) is 4.31 Å².